The van der Waals surface area contributed by atoms with E-state index in [0.717, 1.165) is 0 Å². The summed E-state index contributed by atoms with van der Waals surface area (Å²) in [6.45, 7) is -0.188. The van der Waals surface area contributed by atoms with Crippen LogP contribution in [-0.4, -0.2) is 27.2 Å². The summed E-state index contributed by atoms with van der Waals surface area (Å²) in [5, 5.41) is 0. The first-order chi connectivity index (χ1) is 3.66. The minimum Gasteiger partial charge on any atom is -0.328 e. The fraction of sp³-hybridized carbons (Fsp3) is 1.00. The van der Waals surface area contributed by atoms with Crippen LogP contribution < -0.4 is 5.73 Å². The van der Waals surface area contributed by atoms with Gasteiger partial charge in [0.25, 0.3) is 0 Å². The van der Waals surface area contributed by atoms with Gasteiger partial charge in [0.2, 0.25) is 0 Å². The van der Waals surface area contributed by atoms with Gasteiger partial charge in [0.15, 0.2) is 11.1 Å². The summed E-state index contributed by atoms with van der Waals surface area (Å²) in [6, 6.07) is 0. The van der Waals surface area contributed by atoms with E-state index in [9.17, 15) is 8.60 Å². The maximum atomic E-state index is 11.9. The maximum absolute atomic E-state index is 11.9. The molecule has 0 aromatic carbocycles. The first-order valence-corrected chi connectivity index (χ1v) is 3.36. The van der Waals surface area contributed by atoms with Crippen LogP contribution in [0.1, 0.15) is 0 Å². The first-order valence-electron chi connectivity index (χ1n) is 2.08. The molecule has 0 aromatic heterocycles. The van der Waals surface area contributed by atoms with Crippen LogP contribution in [0.4, 0.5) is 4.39 Å². The molecule has 2 atom stereocenters. The third-order valence-electron chi connectivity index (χ3n) is 0.579. The zero-order chi connectivity index (χ0) is 6.57. The van der Waals surface area contributed by atoms with Gasteiger partial charge in [-0.05, 0) is 0 Å². The Morgan fingerprint density at radius 3 is 2.50 bits per heavy atom. The smallest absolute Gasteiger partial charge is 0.155 e. The van der Waals surface area contributed by atoms with E-state index < -0.39 is 17.3 Å². The standard InChI is InChI=1S/C3H8FNO2S/c4-3(1-5)2-8(6)7/h3H,1-2,5H2,(H,6,7)/t3-/m0/s1. The van der Waals surface area contributed by atoms with Gasteiger partial charge in [-0.3, -0.25) is 0 Å². The van der Waals surface area contributed by atoms with Gasteiger partial charge in [-0.2, -0.15) is 0 Å². The molecule has 0 heterocycles. The Bertz CT molecular complexity index is 89.4. The first kappa shape index (κ1) is 8.00. The van der Waals surface area contributed by atoms with Crippen LogP contribution in [0.15, 0.2) is 0 Å². The highest BCUT2D eigenvalue weighted by molar-refractivity contribution is 7.79. The second-order valence-electron chi connectivity index (χ2n) is 1.32. The van der Waals surface area contributed by atoms with Crippen LogP contribution in [-0.2, 0) is 11.1 Å². The fourth-order valence-corrected chi connectivity index (χ4v) is 0.668. The average molecular weight is 141 g/mol. The molecule has 3 N–H and O–H groups in total. The van der Waals surface area contributed by atoms with Crippen LogP contribution >= 0.6 is 0 Å². The predicted octanol–water partition coefficient (Wildman–Crippen LogP) is -0.495. The molecular weight excluding hydrogens is 133 g/mol. The second kappa shape index (κ2) is 3.94. The molecule has 0 rings (SSSR count). The van der Waals surface area contributed by atoms with E-state index in [1.165, 1.54) is 0 Å². The van der Waals surface area contributed by atoms with E-state index in [1.54, 1.807) is 0 Å². The van der Waals surface area contributed by atoms with Crippen LogP contribution in [0.3, 0.4) is 0 Å². The molecule has 3 nitrogen and oxygen atoms in total. The lowest BCUT2D eigenvalue weighted by atomic mass is 10.5. The van der Waals surface area contributed by atoms with Gasteiger partial charge in [0, 0.05) is 6.54 Å². The Balaban J connectivity index is 3.24. The van der Waals surface area contributed by atoms with Crippen LogP contribution in [0.2, 0.25) is 0 Å². The average Bonchev–Trinajstić information content (AvgIpc) is 1.65. The zero-order valence-electron chi connectivity index (χ0n) is 4.21. The summed E-state index contributed by atoms with van der Waals surface area (Å²) in [7, 11) is 0. The topological polar surface area (TPSA) is 63.3 Å². The largest absolute Gasteiger partial charge is 0.328 e. The predicted molar refractivity (Wildman–Crippen MR) is 29.6 cm³/mol. The molecule has 1 unspecified atom stereocenters. The van der Waals surface area contributed by atoms with E-state index in [2.05, 4.69) is 0 Å². The summed E-state index contributed by atoms with van der Waals surface area (Å²) in [5.74, 6) is -0.378. The number of hydrogen-bond acceptors (Lipinski definition) is 2. The van der Waals surface area contributed by atoms with Crippen molar-refractivity contribution >= 4 is 11.1 Å². The molecular formula is C3H8FNO2S. The molecule has 0 saturated carbocycles. The van der Waals surface area contributed by atoms with Gasteiger partial charge >= 0.3 is 0 Å². The highest BCUT2D eigenvalue weighted by atomic mass is 32.2. The molecule has 50 valence electrons. The summed E-state index contributed by atoms with van der Waals surface area (Å²) in [6.07, 6.45) is -1.35. The highest BCUT2D eigenvalue weighted by Crippen LogP contribution is 1.88. The van der Waals surface area contributed by atoms with Crippen LogP contribution in [0.5, 0.6) is 0 Å². The molecule has 0 aliphatic carbocycles. The van der Waals surface area contributed by atoms with Crippen LogP contribution in [0.25, 0.3) is 0 Å². The Labute approximate surface area is 49.4 Å². The zero-order valence-corrected chi connectivity index (χ0v) is 5.03. The number of halogens is 1. The Morgan fingerprint density at radius 1 is 1.88 bits per heavy atom. The maximum Gasteiger partial charge on any atom is 0.155 e. The minimum absolute atomic E-state index is 0.188. The number of rotatable bonds is 3. The van der Waals surface area contributed by atoms with Crippen molar-refractivity contribution in [2.75, 3.05) is 12.3 Å². The quantitative estimate of drug-likeness (QED) is 0.521. The fourth-order valence-electron chi connectivity index (χ4n) is 0.223. The van der Waals surface area contributed by atoms with Crippen molar-refractivity contribution in [2.45, 2.75) is 6.17 Å². The van der Waals surface area contributed by atoms with E-state index in [-0.39, 0.29) is 12.3 Å². The van der Waals surface area contributed by atoms with Gasteiger partial charge < -0.3 is 10.3 Å². The lowest BCUT2D eigenvalue weighted by molar-refractivity contribution is 0.369. The van der Waals surface area contributed by atoms with Crippen LogP contribution in [0, 0.1) is 0 Å². The monoisotopic (exact) mass is 141 g/mol. The van der Waals surface area contributed by atoms with E-state index in [4.69, 9.17) is 10.3 Å². The molecule has 0 bridgehead atoms. The number of hydrogen-bond donors (Lipinski definition) is 2. The van der Waals surface area contributed by atoms with Crippen molar-refractivity contribution in [3.8, 4) is 0 Å². The molecule has 0 fully saturated rings. The van der Waals surface area contributed by atoms with Gasteiger partial charge in [-0.1, -0.05) is 0 Å². The summed E-state index contributed by atoms with van der Waals surface area (Å²) in [5.41, 5.74) is 4.80. The number of alkyl halides is 1. The van der Waals surface area contributed by atoms with Crippen molar-refractivity contribution in [1.82, 2.24) is 0 Å². The van der Waals surface area contributed by atoms with Gasteiger partial charge in [-0.15, -0.1) is 0 Å². The summed E-state index contributed by atoms with van der Waals surface area (Å²) in [4.78, 5) is 0. The van der Waals surface area contributed by atoms with Gasteiger partial charge in [-0.25, -0.2) is 8.60 Å². The third-order valence-corrected chi connectivity index (χ3v) is 1.23. The Morgan fingerprint density at radius 2 is 2.38 bits per heavy atom. The highest BCUT2D eigenvalue weighted by Gasteiger charge is 2.05. The molecule has 8 heavy (non-hydrogen) atoms. The minimum atomic E-state index is -2.05. The Hall–Kier alpha value is -0.0000000000000000486. The lowest BCUT2D eigenvalue weighted by Gasteiger charge is -1.97. The molecule has 0 radical (unpaired) electrons. The van der Waals surface area contributed by atoms with Crippen molar-refractivity contribution in [3.63, 3.8) is 0 Å². The van der Waals surface area contributed by atoms with Crippen molar-refractivity contribution in [1.29, 1.82) is 0 Å². The molecule has 0 aliphatic heterocycles. The lowest BCUT2D eigenvalue weighted by Crippen LogP contribution is -2.21. The van der Waals surface area contributed by atoms with Crippen molar-refractivity contribution in [2.24, 2.45) is 5.73 Å². The molecule has 0 aromatic rings. The van der Waals surface area contributed by atoms with Crippen molar-refractivity contribution < 1.29 is 13.2 Å². The van der Waals surface area contributed by atoms with E-state index in [0.29, 0.717) is 0 Å². The van der Waals surface area contributed by atoms with E-state index >= 15 is 0 Å². The van der Waals surface area contributed by atoms with Crippen molar-refractivity contribution in [3.05, 3.63) is 0 Å². The molecule has 0 spiro atoms. The van der Waals surface area contributed by atoms with Gasteiger partial charge in [0.1, 0.15) is 6.17 Å². The molecule has 5 heteroatoms. The molecule has 0 saturated heterocycles. The Kier molecular flexibility index (Phi) is 3.94. The summed E-state index contributed by atoms with van der Waals surface area (Å²) < 4.78 is 29.7. The SMILES string of the molecule is NC[C@H](F)CS(=O)O. The second-order valence-corrected chi connectivity index (χ2v) is 2.30. The third kappa shape index (κ3) is 4.17. The molecule has 0 aliphatic rings. The summed E-state index contributed by atoms with van der Waals surface area (Å²) >= 11 is -2.05. The normalized spacial score (nSPS) is 17.9. The van der Waals surface area contributed by atoms with E-state index in [1.807, 2.05) is 0 Å². The van der Waals surface area contributed by atoms with Gasteiger partial charge in [0.05, 0.1) is 5.75 Å². The molecule has 0 amide bonds. The number of nitrogens with two attached hydrogens (primary N) is 1.